The average molecular weight is 358 g/mol. The second kappa shape index (κ2) is 6.98. The third-order valence-corrected chi connectivity index (χ3v) is 4.52. The SMILES string of the molecule is Cc1cc(OCc2cc(F)cc3c2OC(C)(C)C3)ccc1CCC(=O)O. The summed E-state index contributed by atoms with van der Waals surface area (Å²) in [5, 5.41) is 8.80. The van der Waals surface area contributed by atoms with Crippen LogP contribution in [-0.2, 0) is 24.2 Å². The maximum atomic E-state index is 13.9. The zero-order valence-electron chi connectivity index (χ0n) is 15.3. The molecule has 0 radical (unpaired) electrons. The van der Waals surface area contributed by atoms with Gasteiger partial charge in [-0.15, -0.1) is 0 Å². The molecule has 0 bridgehead atoms. The van der Waals surface area contributed by atoms with Gasteiger partial charge in [-0.2, -0.15) is 0 Å². The van der Waals surface area contributed by atoms with E-state index in [1.165, 1.54) is 12.1 Å². The Labute approximate surface area is 152 Å². The van der Waals surface area contributed by atoms with Crippen LogP contribution in [0.2, 0.25) is 0 Å². The highest BCUT2D eigenvalue weighted by atomic mass is 19.1. The summed E-state index contributed by atoms with van der Waals surface area (Å²) in [4.78, 5) is 10.7. The number of rotatable bonds is 6. The lowest BCUT2D eigenvalue weighted by Gasteiger charge is -2.18. The molecule has 1 heterocycles. The minimum Gasteiger partial charge on any atom is -0.489 e. The maximum Gasteiger partial charge on any atom is 0.303 e. The summed E-state index contributed by atoms with van der Waals surface area (Å²) < 4.78 is 25.7. The molecule has 5 heteroatoms. The normalized spacial score (nSPS) is 14.6. The van der Waals surface area contributed by atoms with Crippen molar-refractivity contribution in [3.8, 4) is 11.5 Å². The smallest absolute Gasteiger partial charge is 0.303 e. The van der Waals surface area contributed by atoms with Crippen LogP contribution in [0.3, 0.4) is 0 Å². The predicted octanol–water partition coefficient (Wildman–Crippen LogP) is 4.44. The molecule has 2 aromatic rings. The van der Waals surface area contributed by atoms with Crippen LogP contribution in [0.25, 0.3) is 0 Å². The topological polar surface area (TPSA) is 55.8 Å². The Balaban J connectivity index is 1.72. The number of carboxylic acids is 1. The van der Waals surface area contributed by atoms with Gasteiger partial charge in [0.05, 0.1) is 0 Å². The van der Waals surface area contributed by atoms with Gasteiger partial charge in [-0.3, -0.25) is 4.79 Å². The monoisotopic (exact) mass is 358 g/mol. The number of benzene rings is 2. The summed E-state index contributed by atoms with van der Waals surface area (Å²) in [6.45, 7) is 6.10. The molecule has 0 unspecified atom stereocenters. The molecular formula is C21H23FO4. The van der Waals surface area contributed by atoms with Crippen molar-refractivity contribution >= 4 is 5.97 Å². The van der Waals surface area contributed by atoms with Crippen molar-refractivity contribution in [3.05, 3.63) is 58.4 Å². The van der Waals surface area contributed by atoms with Gasteiger partial charge in [-0.25, -0.2) is 4.39 Å². The number of aliphatic carboxylic acids is 1. The molecule has 2 aromatic carbocycles. The van der Waals surface area contributed by atoms with Gasteiger partial charge in [0.1, 0.15) is 29.5 Å². The molecule has 26 heavy (non-hydrogen) atoms. The van der Waals surface area contributed by atoms with Crippen molar-refractivity contribution in [3.63, 3.8) is 0 Å². The number of fused-ring (bicyclic) bond motifs is 1. The Morgan fingerprint density at radius 2 is 2.04 bits per heavy atom. The highest BCUT2D eigenvalue weighted by molar-refractivity contribution is 5.67. The van der Waals surface area contributed by atoms with Gasteiger partial charge >= 0.3 is 5.97 Å². The zero-order valence-corrected chi connectivity index (χ0v) is 15.3. The van der Waals surface area contributed by atoms with E-state index in [-0.39, 0.29) is 24.4 Å². The van der Waals surface area contributed by atoms with Crippen molar-refractivity contribution in [2.24, 2.45) is 0 Å². The highest BCUT2D eigenvalue weighted by Gasteiger charge is 2.32. The molecule has 0 aliphatic carbocycles. The Hall–Kier alpha value is -2.56. The third-order valence-electron chi connectivity index (χ3n) is 4.52. The van der Waals surface area contributed by atoms with Crippen molar-refractivity contribution in [1.82, 2.24) is 0 Å². The van der Waals surface area contributed by atoms with Gasteiger partial charge in [-0.1, -0.05) is 6.07 Å². The van der Waals surface area contributed by atoms with E-state index in [9.17, 15) is 9.18 Å². The molecule has 0 aromatic heterocycles. The Morgan fingerprint density at radius 1 is 1.27 bits per heavy atom. The summed E-state index contributed by atoms with van der Waals surface area (Å²) >= 11 is 0. The first-order chi connectivity index (χ1) is 12.2. The lowest BCUT2D eigenvalue weighted by Crippen LogP contribution is -2.25. The number of carbonyl (C=O) groups is 1. The quantitative estimate of drug-likeness (QED) is 0.829. The Morgan fingerprint density at radius 3 is 2.73 bits per heavy atom. The van der Waals surface area contributed by atoms with E-state index in [2.05, 4.69) is 0 Å². The lowest BCUT2D eigenvalue weighted by atomic mass is 10.0. The molecule has 138 valence electrons. The fourth-order valence-electron chi connectivity index (χ4n) is 3.29. The van der Waals surface area contributed by atoms with Crippen LogP contribution in [0.1, 0.15) is 42.5 Å². The van der Waals surface area contributed by atoms with E-state index in [4.69, 9.17) is 14.6 Å². The molecule has 0 fully saturated rings. The van der Waals surface area contributed by atoms with Crippen LogP contribution < -0.4 is 9.47 Å². The van der Waals surface area contributed by atoms with E-state index < -0.39 is 5.97 Å². The number of halogens is 1. The highest BCUT2D eigenvalue weighted by Crippen LogP contribution is 2.38. The van der Waals surface area contributed by atoms with Crippen molar-refractivity contribution in [2.45, 2.75) is 52.2 Å². The molecule has 4 nitrogen and oxygen atoms in total. The number of aryl methyl sites for hydroxylation is 2. The van der Waals surface area contributed by atoms with E-state index >= 15 is 0 Å². The van der Waals surface area contributed by atoms with Crippen LogP contribution in [0.15, 0.2) is 30.3 Å². The molecule has 0 atom stereocenters. The summed E-state index contributed by atoms with van der Waals surface area (Å²) in [6.07, 6.45) is 1.26. The second-order valence-corrected chi connectivity index (χ2v) is 7.36. The molecule has 0 saturated carbocycles. The van der Waals surface area contributed by atoms with E-state index in [1.807, 2.05) is 39.0 Å². The first kappa shape index (κ1) is 18.2. The minimum atomic E-state index is -0.812. The van der Waals surface area contributed by atoms with Gasteiger partial charge in [-0.05, 0) is 62.6 Å². The maximum absolute atomic E-state index is 13.9. The molecule has 0 amide bonds. The molecule has 0 saturated heterocycles. The van der Waals surface area contributed by atoms with Crippen molar-refractivity contribution < 1.29 is 23.8 Å². The number of hydrogen-bond donors (Lipinski definition) is 1. The van der Waals surface area contributed by atoms with E-state index in [1.54, 1.807) is 0 Å². The molecule has 0 spiro atoms. The van der Waals surface area contributed by atoms with Gasteiger partial charge in [0.2, 0.25) is 0 Å². The third kappa shape index (κ3) is 4.15. The summed E-state index contributed by atoms with van der Waals surface area (Å²) in [5.74, 6) is 0.277. The molecule has 1 aliphatic heterocycles. The van der Waals surface area contributed by atoms with Gasteiger partial charge in [0.25, 0.3) is 0 Å². The van der Waals surface area contributed by atoms with Gasteiger partial charge < -0.3 is 14.6 Å². The lowest BCUT2D eigenvalue weighted by molar-refractivity contribution is -0.136. The van der Waals surface area contributed by atoms with Crippen molar-refractivity contribution in [1.29, 1.82) is 0 Å². The van der Waals surface area contributed by atoms with Crippen LogP contribution in [-0.4, -0.2) is 16.7 Å². The van der Waals surface area contributed by atoms with E-state index in [0.29, 0.717) is 29.9 Å². The largest absolute Gasteiger partial charge is 0.489 e. The molecule has 1 N–H and O–H groups in total. The standard InChI is InChI=1S/C21H23FO4/c1-13-8-18(6-4-14(13)5-7-19(23)24)25-12-16-10-17(22)9-15-11-21(2,3)26-20(15)16/h4,6,8-10H,5,7,11-12H2,1-3H3,(H,23,24). The second-order valence-electron chi connectivity index (χ2n) is 7.36. The van der Waals surface area contributed by atoms with Crippen LogP contribution in [0, 0.1) is 12.7 Å². The van der Waals surface area contributed by atoms with E-state index in [0.717, 1.165) is 16.7 Å². The van der Waals surface area contributed by atoms with Gasteiger partial charge in [0, 0.05) is 24.0 Å². The van der Waals surface area contributed by atoms with Gasteiger partial charge in [0.15, 0.2) is 0 Å². The van der Waals surface area contributed by atoms with Crippen LogP contribution in [0.4, 0.5) is 4.39 Å². The first-order valence-electron chi connectivity index (χ1n) is 8.68. The fourth-order valence-corrected chi connectivity index (χ4v) is 3.29. The summed E-state index contributed by atoms with van der Waals surface area (Å²) in [5.41, 5.74) is 3.18. The molecular weight excluding hydrogens is 335 g/mol. The van der Waals surface area contributed by atoms with Crippen LogP contribution in [0.5, 0.6) is 11.5 Å². The molecule has 3 rings (SSSR count). The molecule has 1 aliphatic rings. The number of hydrogen-bond acceptors (Lipinski definition) is 3. The Bertz CT molecular complexity index is 842. The fraction of sp³-hybridized carbons (Fsp3) is 0.381. The summed E-state index contributed by atoms with van der Waals surface area (Å²) in [6, 6.07) is 8.54. The minimum absolute atomic E-state index is 0.101. The zero-order chi connectivity index (χ0) is 18.9. The van der Waals surface area contributed by atoms with Crippen LogP contribution >= 0.6 is 0 Å². The van der Waals surface area contributed by atoms with Crippen molar-refractivity contribution in [2.75, 3.05) is 0 Å². The Kier molecular flexibility index (Phi) is 4.90. The average Bonchev–Trinajstić information content (AvgIpc) is 2.85. The summed E-state index contributed by atoms with van der Waals surface area (Å²) in [7, 11) is 0. The first-order valence-corrected chi connectivity index (χ1v) is 8.68. The predicted molar refractivity (Wildman–Crippen MR) is 96.3 cm³/mol. The number of ether oxygens (including phenoxy) is 2. The number of carboxylic acid groups (broad SMARTS) is 1.